The Bertz CT molecular complexity index is 803. The topological polar surface area (TPSA) is 41.6 Å². The molecule has 2 atom stereocenters. The van der Waals surface area contributed by atoms with E-state index in [1.54, 1.807) is 0 Å². The molecule has 0 saturated carbocycles. The number of carbonyl (C=O) groups is 1. The van der Waals surface area contributed by atoms with Crippen molar-refractivity contribution in [2.45, 2.75) is 49.2 Å². The lowest BCUT2D eigenvalue weighted by atomic mass is 10.1. The molecule has 4 nitrogen and oxygen atoms in total. The van der Waals surface area contributed by atoms with Crippen LogP contribution in [0.25, 0.3) is 0 Å². The number of halogens is 12. The summed E-state index contributed by atoms with van der Waals surface area (Å²) in [7, 11) is 0. The molecule has 1 aliphatic rings. The van der Waals surface area contributed by atoms with Gasteiger partial charge in [-0.25, -0.2) is 9.13 Å². The summed E-state index contributed by atoms with van der Waals surface area (Å²) in [6, 6.07) is -9.66. The Morgan fingerprint density at radius 2 is 1.32 bits per heavy atom. The van der Waals surface area contributed by atoms with Gasteiger partial charge in [-0.15, -0.1) is 4.90 Å². The summed E-state index contributed by atoms with van der Waals surface area (Å²) in [6.07, 6.45) is -20.6. The first-order valence-electron chi connectivity index (χ1n) is 7.87. The van der Waals surface area contributed by atoms with Crippen LogP contribution in [0, 0.1) is 0 Å². The van der Waals surface area contributed by atoms with Crippen molar-refractivity contribution in [1.82, 2.24) is 10.2 Å². The molecule has 176 valence electrons. The van der Waals surface area contributed by atoms with Gasteiger partial charge in [-0.1, -0.05) is 30.3 Å². The number of ether oxygens (including phenoxy) is 1. The lowest BCUT2D eigenvalue weighted by molar-refractivity contribution is -0.583. The van der Waals surface area contributed by atoms with Crippen molar-refractivity contribution in [2.24, 2.45) is 0 Å². The SMILES string of the molecule is C[C@@H](NC(=O)[C@](F)(N1C(F)(F)C(F)(F)OC(F)(F)C1(F)F)C(F)(F)F)c1ccccc1. The molecular weight excluding hydrogens is 468 g/mol. The molecule has 0 aliphatic carbocycles. The number of hydrogen-bond donors (Lipinski definition) is 1. The zero-order valence-electron chi connectivity index (χ0n) is 14.8. The average Bonchev–Trinajstić information content (AvgIpc) is 2.58. The lowest BCUT2D eigenvalue weighted by Crippen LogP contribution is -2.82. The number of hydrogen-bond acceptors (Lipinski definition) is 3. The van der Waals surface area contributed by atoms with E-state index >= 15 is 0 Å². The molecule has 2 rings (SSSR count). The second-order valence-electron chi connectivity index (χ2n) is 6.28. The highest BCUT2D eigenvalue weighted by atomic mass is 19.4. The van der Waals surface area contributed by atoms with Gasteiger partial charge >= 0.3 is 36.3 Å². The van der Waals surface area contributed by atoms with Crippen molar-refractivity contribution >= 4 is 5.91 Å². The molecule has 0 spiro atoms. The molecule has 0 bridgehead atoms. The van der Waals surface area contributed by atoms with Crippen LogP contribution in [0.15, 0.2) is 30.3 Å². The zero-order chi connectivity index (χ0) is 24.3. The molecule has 1 amide bonds. The summed E-state index contributed by atoms with van der Waals surface area (Å²) >= 11 is 0. The number of nitrogens with zero attached hydrogens (tertiary/aromatic N) is 1. The monoisotopic (exact) mass is 478 g/mol. The first-order chi connectivity index (χ1) is 13.7. The van der Waals surface area contributed by atoms with Crippen molar-refractivity contribution < 1.29 is 62.2 Å². The van der Waals surface area contributed by atoms with Crippen LogP contribution < -0.4 is 5.32 Å². The smallest absolute Gasteiger partial charge is 0.345 e. The number of rotatable bonds is 4. The lowest BCUT2D eigenvalue weighted by Gasteiger charge is -2.51. The first-order valence-corrected chi connectivity index (χ1v) is 7.87. The van der Waals surface area contributed by atoms with Gasteiger partial charge in [0.2, 0.25) is 0 Å². The van der Waals surface area contributed by atoms with E-state index in [2.05, 4.69) is 0 Å². The van der Waals surface area contributed by atoms with Gasteiger partial charge in [0.05, 0.1) is 6.04 Å². The van der Waals surface area contributed by atoms with Crippen LogP contribution in [0.1, 0.15) is 18.5 Å². The number of amides is 1. The number of alkyl halides is 12. The maximum atomic E-state index is 14.8. The quantitative estimate of drug-likeness (QED) is 0.500. The number of benzene rings is 1. The molecule has 1 fully saturated rings. The van der Waals surface area contributed by atoms with Gasteiger partial charge in [-0.3, -0.25) is 4.79 Å². The number of carbonyl (C=O) groups excluding carboxylic acids is 1. The molecule has 0 radical (unpaired) electrons. The molecule has 1 saturated heterocycles. The van der Waals surface area contributed by atoms with E-state index < -0.39 is 53.1 Å². The fraction of sp³-hybridized carbons (Fsp3) is 0.533. The van der Waals surface area contributed by atoms with Crippen LogP contribution in [0.4, 0.5) is 52.7 Å². The van der Waals surface area contributed by atoms with Crippen LogP contribution in [0.3, 0.4) is 0 Å². The predicted molar refractivity (Wildman–Crippen MR) is 75.6 cm³/mol. The Morgan fingerprint density at radius 1 is 0.903 bits per heavy atom. The molecule has 31 heavy (non-hydrogen) atoms. The van der Waals surface area contributed by atoms with Crippen molar-refractivity contribution in [3.63, 3.8) is 0 Å². The Hall–Kier alpha value is -2.23. The minimum absolute atomic E-state index is 0.100. The Kier molecular flexibility index (Phi) is 5.77. The van der Waals surface area contributed by atoms with Crippen LogP contribution in [0.5, 0.6) is 0 Å². The molecule has 1 heterocycles. The standard InChI is InChI=1S/C15H10F12N2O2/c1-7(8-5-3-2-4-6-8)28-9(30)10(16,11(17,18)19)29-12(20,21)14(24,25)31-15(26,27)13(29,22)23/h2-7H,1H3,(H,28,30)/t7-,10+/m1/s1. The second-order valence-corrected chi connectivity index (χ2v) is 6.28. The van der Waals surface area contributed by atoms with Crippen LogP contribution in [-0.4, -0.2) is 47.1 Å². The third-order valence-corrected chi connectivity index (χ3v) is 4.15. The van der Waals surface area contributed by atoms with E-state index in [9.17, 15) is 57.5 Å². The summed E-state index contributed by atoms with van der Waals surface area (Å²) in [5.74, 6) is -10.1. The minimum atomic E-state index is -7.12. The second kappa shape index (κ2) is 7.15. The fourth-order valence-electron chi connectivity index (χ4n) is 2.58. The van der Waals surface area contributed by atoms with Crippen molar-refractivity contribution in [1.29, 1.82) is 0 Å². The summed E-state index contributed by atoms with van der Waals surface area (Å²) in [5, 5.41) is 1.10. The summed E-state index contributed by atoms with van der Waals surface area (Å²) in [4.78, 5) is 8.44. The van der Waals surface area contributed by atoms with Crippen molar-refractivity contribution in [3.8, 4) is 0 Å². The van der Waals surface area contributed by atoms with Gasteiger partial charge < -0.3 is 5.32 Å². The van der Waals surface area contributed by atoms with Gasteiger partial charge in [-0.05, 0) is 12.5 Å². The van der Waals surface area contributed by atoms with E-state index in [4.69, 9.17) is 0 Å². The van der Waals surface area contributed by atoms with E-state index in [0.717, 1.165) is 24.4 Å². The van der Waals surface area contributed by atoms with E-state index in [1.807, 2.05) is 4.74 Å². The zero-order valence-corrected chi connectivity index (χ0v) is 14.8. The van der Waals surface area contributed by atoms with Crippen LogP contribution >= 0.6 is 0 Å². The molecule has 16 heteroatoms. The van der Waals surface area contributed by atoms with Crippen molar-refractivity contribution in [3.05, 3.63) is 35.9 Å². The number of morpholine rings is 1. The Balaban J connectivity index is 2.66. The summed E-state index contributed by atoms with van der Waals surface area (Å²) in [5.41, 5.74) is -0.100. The minimum Gasteiger partial charge on any atom is -0.345 e. The molecule has 0 aromatic heterocycles. The van der Waals surface area contributed by atoms with Gasteiger partial charge in [0, 0.05) is 0 Å². The number of nitrogens with one attached hydrogen (secondary N) is 1. The highest BCUT2D eigenvalue weighted by Gasteiger charge is 2.90. The van der Waals surface area contributed by atoms with Crippen LogP contribution in [0.2, 0.25) is 0 Å². The summed E-state index contributed by atoms with van der Waals surface area (Å²) < 4.78 is 165. The van der Waals surface area contributed by atoms with Crippen LogP contribution in [-0.2, 0) is 9.53 Å². The maximum absolute atomic E-state index is 14.8. The van der Waals surface area contributed by atoms with Crippen molar-refractivity contribution in [2.75, 3.05) is 0 Å². The third kappa shape index (κ3) is 3.68. The Morgan fingerprint density at radius 3 is 1.71 bits per heavy atom. The fourth-order valence-corrected chi connectivity index (χ4v) is 2.58. The molecule has 1 aliphatic heterocycles. The van der Waals surface area contributed by atoms with E-state index in [0.29, 0.717) is 0 Å². The van der Waals surface area contributed by atoms with E-state index in [-0.39, 0.29) is 5.56 Å². The molecule has 0 unspecified atom stereocenters. The van der Waals surface area contributed by atoms with Gasteiger partial charge in [0.15, 0.2) is 0 Å². The summed E-state index contributed by atoms with van der Waals surface area (Å²) in [6.45, 7) is 0.850. The molecule has 1 aromatic rings. The van der Waals surface area contributed by atoms with Gasteiger partial charge in [-0.2, -0.15) is 48.3 Å². The highest BCUT2D eigenvalue weighted by molar-refractivity contribution is 5.86. The highest BCUT2D eigenvalue weighted by Crippen LogP contribution is 2.60. The normalized spacial score (nSPS) is 25.3. The average molecular weight is 478 g/mol. The van der Waals surface area contributed by atoms with Gasteiger partial charge in [0.1, 0.15) is 0 Å². The third-order valence-electron chi connectivity index (χ3n) is 4.15. The Labute approximate surface area is 164 Å². The predicted octanol–water partition coefficient (Wildman–Crippen LogP) is 4.80. The first kappa shape index (κ1) is 25.0. The molecule has 1 N–H and O–H groups in total. The molecular formula is C15H10F12N2O2. The maximum Gasteiger partial charge on any atom is 0.446 e. The van der Waals surface area contributed by atoms with E-state index in [1.165, 1.54) is 18.2 Å². The largest absolute Gasteiger partial charge is 0.446 e. The molecule has 1 aromatic carbocycles. The van der Waals surface area contributed by atoms with Gasteiger partial charge in [0.25, 0.3) is 5.91 Å².